The molecule has 0 spiro atoms. The van der Waals surface area contributed by atoms with Crippen LogP contribution >= 0.6 is 39.3 Å². The summed E-state index contributed by atoms with van der Waals surface area (Å²) in [5.74, 6) is 2.83. The maximum absolute atomic E-state index is 6.36. The molecule has 0 bridgehead atoms. The SMILES string of the molecule is CCNC1c2cc(Br)cc(Cl)c2CSCC1C. The number of thioether (sulfide) groups is 1. The van der Waals surface area contributed by atoms with Crippen LogP contribution in [-0.2, 0) is 5.75 Å². The largest absolute Gasteiger partial charge is 0.310 e. The highest BCUT2D eigenvalue weighted by Gasteiger charge is 2.26. The van der Waals surface area contributed by atoms with Crippen LogP contribution in [0.15, 0.2) is 16.6 Å². The Hall–Kier alpha value is 0.300. The molecule has 1 nitrogen and oxygen atoms in total. The van der Waals surface area contributed by atoms with Crippen LogP contribution in [0.2, 0.25) is 5.02 Å². The summed E-state index contributed by atoms with van der Waals surface area (Å²) < 4.78 is 1.07. The Balaban J connectivity index is 2.48. The van der Waals surface area contributed by atoms with Crippen molar-refractivity contribution in [2.24, 2.45) is 5.92 Å². The van der Waals surface area contributed by atoms with Gasteiger partial charge in [-0.05, 0) is 41.5 Å². The fourth-order valence-corrected chi connectivity index (χ4v) is 4.52. The Kier molecular flexibility index (Phi) is 4.81. The third-order valence-electron chi connectivity index (χ3n) is 3.15. The monoisotopic (exact) mass is 333 g/mol. The van der Waals surface area contributed by atoms with E-state index in [2.05, 4.69) is 41.2 Å². The topological polar surface area (TPSA) is 12.0 Å². The van der Waals surface area contributed by atoms with Gasteiger partial charge in [0.2, 0.25) is 0 Å². The van der Waals surface area contributed by atoms with Crippen LogP contribution in [0.3, 0.4) is 0 Å². The van der Waals surface area contributed by atoms with Gasteiger partial charge in [-0.1, -0.05) is 41.4 Å². The minimum atomic E-state index is 0.417. The van der Waals surface area contributed by atoms with E-state index in [1.807, 2.05) is 17.8 Å². The molecule has 1 N–H and O–H groups in total. The average Bonchev–Trinajstić information content (AvgIpc) is 2.41. The summed E-state index contributed by atoms with van der Waals surface area (Å²) in [5, 5.41) is 4.48. The molecule has 1 aromatic carbocycles. The molecule has 0 amide bonds. The van der Waals surface area contributed by atoms with Crippen LogP contribution in [0.25, 0.3) is 0 Å². The van der Waals surface area contributed by atoms with Crippen molar-refractivity contribution in [1.82, 2.24) is 5.32 Å². The van der Waals surface area contributed by atoms with Crippen molar-refractivity contribution in [2.45, 2.75) is 25.6 Å². The van der Waals surface area contributed by atoms with Gasteiger partial charge in [-0.15, -0.1) is 0 Å². The van der Waals surface area contributed by atoms with E-state index in [0.29, 0.717) is 12.0 Å². The quantitative estimate of drug-likeness (QED) is 0.846. The highest BCUT2D eigenvalue weighted by molar-refractivity contribution is 9.10. The van der Waals surface area contributed by atoms with Gasteiger partial charge in [-0.25, -0.2) is 0 Å². The zero-order chi connectivity index (χ0) is 12.4. The maximum atomic E-state index is 6.36. The third kappa shape index (κ3) is 3.01. The van der Waals surface area contributed by atoms with Gasteiger partial charge in [-0.3, -0.25) is 0 Å². The van der Waals surface area contributed by atoms with Gasteiger partial charge >= 0.3 is 0 Å². The molecule has 0 aromatic heterocycles. The van der Waals surface area contributed by atoms with E-state index in [1.54, 1.807) is 0 Å². The van der Waals surface area contributed by atoms with Crippen molar-refractivity contribution in [1.29, 1.82) is 0 Å². The molecule has 4 heteroatoms. The van der Waals surface area contributed by atoms with Crippen LogP contribution < -0.4 is 5.32 Å². The number of benzene rings is 1. The smallest absolute Gasteiger partial charge is 0.0460 e. The zero-order valence-electron chi connectivity index (χ0n) is 10.1. The standard InChI is InChI=1S/C13H17BrClNS/c1-3-16-13-8(2)6-17-7-11-10(13)4-9(14)5-12(11)15/h4-5,8,13,16H,3,6-7H2,1-2H3. The molecule has 1 aliphatic heterocycles. The van der Waals surface area contributed by atoms with Gasteiger partial charge in [-0.2, -0.15) is 11.8 Å². The number of fused-ring (bicyclic) bond motifs is 1. The minimum Gasteiger partial charge on any atom is -0.310 e. The van der Waals surface area contributed by atoms with Crippen molar-refractivity contribution in [3.63, 3.8) is 0 Å². The van der Waals surface area contributed by atoms with Gasteiger partial charge in [0.15, 0.2) is 0 Å². The molecule has 17 heavy (non-hydrogen) atoms. The lowest BCUT2D eigenvalue weighted by Crippen LogP contribution is -2.27. The molecule has 1 heterocycles. The van der Waals surface area contributed by atoms with Crippen molar-refractivity contribution >= 4 is 39.3 Å². The molecule has 1 aliphatic rings. The van der Waals surface area contributed by atoms with Gasteiger partial charge in [0.1, 0.15) is 0 Å². The molecule has 0 fully saturated rings. The molecule has 0 aliphatic carbocycles. The minimum absolute atomic E-state index is 0.417. The lowest BCUT2D eigenvalue weighted by Gasteiger charge is -2.24. The Labute approximate surface area is 121 Å². The number of nitrogens with one attached hydrogen (secondary N) is 1. The summed E-state index contributed by atoms with van der Waals surface area (Å²) in [6, 6.07) is 4.64. The van der Waals surface area contributed by atoms with Gasteiger partial charge in [0, 0.05) is 21.3 Å². The highest BCUT2D eigenvalue weighted by Crippen LogP contribution is 2.39. The first kappa shape index (κ1) is 13.7. The van der Waals surface area contributed by atoms with E-state index in [4.69, 9.17) is 11.6 Å². The molecule has 2 unspecified atom stereocenters. The molecule has 94 valence electrons. The summed E-state index contributed by atoms with van der Waals surface area (Å²) in [7, 11) is 0. The van der Waals surface area contributed by atoms with Crippen LogP contribution in [0.1, 0.15) is 31.0 Å². The second kappa shape index (κ2) is 5.96. The molecular formula is C13H17BrClNS. The highest BCUT2D eigenvalue weighted by atomic mass is 79.9. The predicted octanol–water partition coefficient (Wildman–Crippen LogP) is 4.64. The van der Waals surface area contributed by atoms with E-state index in [0.717, 1.165) is 21.8 Å². The third-order valence-corrected chi connectivity index (χ3v) is 5.20. The van der Waals surface area contributed by atoms with Crippen molar-refractivity contribution in [3.05, 3.63) is 32.8 Å². The van der Waals surface area contributed by atoms with Gasteiger partial charge in [0.05, 0.1) is 0 Å². The normalized spacial score (nSPS) is 24.2. The van der Waals surface area contributed by atoms with Crippen molar-refractivity contribution < 1.29 is 0 Å². The summed E-state index contributed by atoms with van der Waals surface area (Å²) in [4.78, 5) is 0. The lowest BCUT2D eigenvalue weighted by atomic mass is 9.92. The first-order valence-corrected chi connectivity index (χ1v) is 8.25. The fourth-order valence-electron chi connectivity index (χ4n) is 2.33. The van der Waals surface area contributed by atoms with Crippen LogP contribution in [-0.4, -0.2) is 12.3 Å². The average molecular weight is 335 g/mol. The predicted molar refractivity (Wildman–Crippen MR) is 80.9 cm³/mol. The second-order valence-electron chi connectivity index (χ2n) is 4.48. The van der Waals surface area contributed by atoms with Gasteiger partial charge in [0.25, 0.3) is 0 Å². The summed E-state index contributed by atoms with van der Waals surface area (Å²) in [5.41, 5.74) is 2.67. The number of hydrogen-bond acceptors (Lipinski definition) is 2. The molecule has 0 saturated heterocycles. The maximum Gasteiger partial charge on any atom is 0.0460 e. The Bertz CT molecular complexity index is 411. The van der Waals surface area contributed by atoms with E-state index in [-0.39, 0.29) is 0 Å². The van der Waals surface area contributed by atoms with Crippen molar-refractivity contribution in [2.75, 3.05) is 12.3 Å². The fraction of sp³-hybridized carbons (Fsp3) is 0.538. The molecule has 2 rings (SSSR count). The van der Waals surface area contributed by atoms with E-state index >= 15 is 0 Å². The van der Waals surface area contributed by atoms with E-state index in [1.165, 1.54) is 16.9 Å². The second-order valence-corrected chi connectivity index (χ2v) is 6.84. The molecule has 1 aromatic rings. The molecule has 2 atom stereocenters. The number of hydrogen-bond donors (Lipinski definition) is 1. The van der Waals surface area contributed by atoms with Crippen LogP contribution in [0, 0.1) is 5.92 Å². The summed E-state index contributed by atoms with van der Waals surface area (Å²) in [6.07, 6.45) is 0. The lowest BCUT2D eigenvalue weighted by molar-refractivity contribution is 0.428. The summed E-state index contributed by atoms with van der Waals surface area (Å²) >= 11 is 11.9. The molecule has 0 saturated carbocycles. The Morgan fingerprint density at radius 2 is 2.29 bits per heavy atom. The van der Waals surface area contributed by atoms with Crippen molar-refractivity contribution in [3.8, 4) is 0 Å². The van der Waals surface area contributed by atoms with Crippen LogP contribution in [0.4, 0.5) is 0 Å². The number of rotatable bonds is 2. The first-order chi connectivity index (χ1) is 8.13. The first-order valence-electron chi connectivity index (χ1n) is 5.92. The summed E-state index contributed by atoms with van der Waals surface area (Å²) in [6.45, 7) is 5.46. The van der Waals surface area contributed by atoms with Gasteiger partial charge < -0.3 is 5.32 Å². The zero-order valence-corrected chi connectivity index (χ0v) is 13.3. The molecular weight excluding hydrogens is 318 g/mol. The Morgan fingerprint density at radius 3 is 3.00 bits per heavy atom. The van der Waals surface area contributed by atoms with Crippen LogP contribution in [0.5, 0.6) is 0 Å². The Morgan fingerprint density at radius 1 is 1.53 bits per heavy atom. The van der Waals surface area contributed by atoms with E-state index < -0.39 is 0 Å². The van der Waals surface area contributed by atoms with E-state index in [9.17, 15) is 0 Å². The molecule has 0 radical (unpaired) electrons. The number of halogens is 2.